The van der Waals surface area contributed by atoms with E-state index in [1.165, 1.54) is 12.1 Å². The maximum Gasteiger partial charge on any atom is 0.264 e. The molecule has 3 aromatic carbocycles. The third-order valence-corrected chi connectivity index (χ3v) is 8.00. The fraction of sp³-hybridized carbons (Fsp3) is 0.286. The van der Waals surface area contributed by atoms with Crippen LogP contribution >= 0.6 is 0 Å². The number of carbonyl (C=O) groups is 2. The van der Waals surface area contributed by atoms with Crippen molar-refractivity contribution in [1.82, 2.24) is 5.32 Å². The van der Waals surface area contributed by atoms with Crippen molar-refractivity contribution < 1.29 is 22.7 Å². The van der Waals surface area contributed by atoms with Crippen LogP contribution in [-0.4, -0.2) is 46.0 Å². The predicted molar refractivity (Wildman–Crippen MR) is 143 cm³/mol. The third kappa shape index (κ3) is 6.55. The molecular formula is C28H31N3O5S. The van der Waals surface area contributed by atoms with Crippen LogP contribution in [0.15, 0.2) is 83.8 Å². The predicted octanol–water partition coefficient (Wildman–Crippen LogP) is 3.99. The largest absolute Gasteiger partial charge is 0.376 e. The SMILES string of the molecule is CCc1ccc(N(CC(=O)Nc2ccccc2C(=O)NC[C@@H]2CCCO2)S(=O)(=O)c2ccccc2)cc1. The number of ether oxygens (including phenoxy) is 1. The van der Waals surface area contributed by atoms with E-state index in [1.807, 2.05) is 19.1 Å². The van der Waals surface area contributed by atoms with E-state index in [2.05, 4.69) is 10.6 Å². The minimum Gasteiger partial charge on any atom is -0.376 e. The van der Waals surface area contributed by atoms with Gasteiger partial charge in [0.15, 0.2) is 0 Å². The minimum absolute atomic E-state index is 0.0125. The Kier molecular flexibility index (Phi) is 8.58. The summed E-state index contributed by atoms with van der Waals surface area (Å²) in [7, 11) is -4.03. The Hall–Kier alpha value is -3.69. The Bertz CT molecular complexity index is 1320. The van der Waals surface area contributed by atoms with Gasteiger partial charge in [-0.15, -0.1) is 0 Å². The normalized spacial score (nSPS) is 15.2. The highest BCUT2D eigenvalue weighted by molar-refractivity contribution is 7.92. The molecule has 1 heterocycles. The highest BCUT2D eigenvalue weighted by Crippen LogP contribution is 2.25. The minimum atomic E-state index is -4.03. The summed E-state index contributed by atoms with van der Waals surface area (Å²) in [5, 5.41) is 5.58. The lowest BCUT2D eigenvalue weighted by atomic mass is 10.1. The van der Waals surface area contributed by atoms with Crippen LogP contribution in [0.2, 0.25) is 0 Å². The summed E-state index contributed by atoms with van der Waals surface area (Å²) < 4.78 is 33.7. The maximum atomic E-state index is 13.5. The molecule has 1 fully saturated rings. The monoisotopic (exact) mass is 521 g/mol. The number of amides is 2. The zero-order chi connectivity index (χ0) is 26.3. The van der Waals surface area contributed by atoms with Gasteiger partial charge in [-0.2, -0.15) is 0 Å². The van der Waals surface area contributed by atoms with E-state index in [9.17, 15) is 18.0 Å². The van der Waals surface area contributed by atoms with Crippen molar-refractivity contribution in [1.29, 1.82) is 0 Å². The number of anilines is 2. The van der Waals surface area contributed by atoms with E-state index in [0.717, 1.165) is 29.1 Å². The number of hydrogen-bond donors (Lipinski definition) is 2. The first kappa shape index (κ1) is 26.4. The highest BCUT2D eigenvalue weighted by atomic mass is 32.2. The number of para-hydroxylation sites is 1. The molecular weight excluding hydrogens is 490 g/mol. The van der Waals surface area contributed by atoms with E-state index >= 15 is 0 Å². The Labute approximate surface area is 217 Å². The van der Waals surface area contributed by atoms with E-state index in [1.54, 1.807) is 54.6 Å². The van der Waals surface area contributed by atoms with Gasteiger partial charge in [-0.25, -0.2) is 8.42 Å². The van der Waals surface area contributed by atoms with E-state index in [0.29, 0.717) is 30.1 Å². The Balaban J connectivity index is 1.54. The number of nitrogens with one attached hydrogen (secondary N) is 2. The molecule has 37 heavy (non-hydrogen) atoms. The van der Waals surface area contributed by atoms with Crippen LogP contribution < -0.4 is 14.9 Å². The van der Waals surface area contributed by atoms with Crippen molar-refractivity contribution in [3.8, 4) is 0 Å². The Morgan fingerprint density at radius 1 is 0.973 bits per heavy atom. The molecule has 2 N–H and O–H groups in total. The molecule has 1 aliphatic rings. The number of aryl methyl sites for hydroxylation is 1. The molecule has 1 saturated heterocycles. The second-order valence-corrected chi connectivity index (χ2v) is 10.6. The van der Waals surface area contributed by atoms with Gasteiger partial charge in [-0.1, -0.05) is 49.4 Å². The summed E-state index contributed by atoms with van der Waals surface area (Å²) in [5.41, 5.74) is 2.02. The average Bonchev–Trinajstić information content (AvgIpc) is 3.45. The second kappa shape index (κ2) is 12.0. The molecule has 0 bridgehead atoms. The van der Waals surface area contributed by atoms with E-state index in [-0.39, 0.29) is 16.9 Å². The van der Waals surface area contributed by atoms with Crippen molar-refractivity contribution in [2.75, 3.05) is 29.3 Å². The first-order valence-corrected chi connectivity index (χ1v) is 13.8. The molecule has 0 radical (unpaired) electrons. The lowest BCUT2D eigenvalue weighted by Crippen LogP contribution is -2.38. The molecule has 1 aliphatic heterocycles. The Morgan fingerprint density at radius 2 is 1.68 bits per heavy atom. The van der Waals surface area contributed by atoms with Gasteiger partial charge in [0.05, 0.1) is 27.9 Å². The lowest BCUT2D eigenvalue weighted by molar-refractivity contribution is -0.114. The third-order valence-electron chi connectivity index (χ3n) is 6.21. The number of sulfonamides is 1. The average molecular weight is 522 g/mol. The van der Waals surface area contributed by atoms with Gasteiger partial charge in [0, 0.05) is 13.2 Å². The van der Waals surface area contributed by atoms with Crippen molar-refractivity contribution in [2.24, 2.45) is 0 Å². The fourth-order valence-electron chi connectivity index (χ4n) is 4.15. The molecule has 3 aromatic rings. The molecule has 0 saturated carbocycles. The van der Waals surface area contributed by atoms with Crippen LogP contribution in [0.4, 0.5) is 11.4 Å². The summed E-state index contributed by atoms with van der Waals surface area (Å²) in [6.07, 6.45) is 2.65. The van der Waals surface area contributed by atoms with Gasteiger partial charge in [-0.05, 0) is 61.2 Å². The van der Waals surface area contributed by atoms with Crippen molar-refractivity contribution in [2.45, 2.75) is 37.2 Å². The van der Waals surface area contributed by atoms with Crippen LogP contribution in [-0.2, 0) is 26.0 Å². The molecule has 0 unspecified atom stereocenters. The molecule has 1 atom stereocenters. The number of nitrogens with zero attached hydrogens (tertiary/aromatic N) is 1. The Morgan fingerprint density at radius 3 is 2.35 bits per heavy atom. The summed E-state index contributed by atoms with van der Waals surface area (Å²) in [6, 6.07) is 21.7. The molecule has 0 spiro atoms. The van der Waals surface area contributed by atoms with E-state index in [4.69, 9.17) is 4.74 Å². The summed E-state index contributed by atoms with van der Waals surface area (Å²) >= 11 is 0. The van der Waals surface area contributed by atoms with Gasteiger partial charge >= 0.3 is 0 Å². The van der Waals surface area contributed by atoms with E-state index < -0.39 is 22.5 Å². The van der Waals surface area contributed by atoms with Crippen LogP contribution in [0.3, 0.4) is 0 Å². The molecule has 8 nitrogen and oxygen atoms in total. The fourth-order valence-corrected chi connectivity index (χ4v) is 5.59. The standard InChI is InChI=1S/C28H31N3O5S/c1-2-21-14-16-22(17-15-21)31(37(34,35)24-10-4-3-5-11-24)20-27(32)30-26-13-7-6-12-25(26)28(33)29-19-23-9-8-18-36-23/h3-7,10-17,23H,2,8-9,18-20H2,1H3,(H,29,33)(H,30,32)/t23-/m0/s1. The van der Waals surface area contributed by atoms with Gasteiger partial charge < -0.3 is 15.4 Å². The second-order valence-electron chi connectivity index (χ2n) is 8.78. The summed E-state index contributed by atoms with van der Waals surface area (Å²) in [6.45, 7) is 2.62. The first-order valence-electron chi connectivity index (χ1n) is 12.3. The highest BCUT2D eigenvalue weighted by Gasteiger charge is 2.27. The van der Waals surface area contributed by atoms with Gasteiger partial charge in [0.2, 0.25) is 5.91 Å². The molecule has 9 heteroatoms. The van der Waals surface area contributed by atoms with Crippen molar-refractivity contribution in [3.63, 3.8) is 0 Å². The van der Waals surface area contributed by atoms with Gasteiger partial charge in [0.1, 0.15) is 6.54 Å². The van der Waals surface area contributed by atoms with Crippen LogP contribution in [0.5, 0.6) is 0 Å². The maximum absolute atomic E-state index is 13.5. The van der Waals surface area contributed by atoms with Crippen LogP contribution in [0.1, 0.15) is 35.7 Å². The topological polar surface area (TPSA) is 105 Å². The molecule has 0 aromatic heterocycles. The lowest BCUT2D eigenvalue weighted by Gasteiger charge is -2.24. The molecule has 2 amide bonds. The van der Waals surface area contributed by atoms with Crippen LogP contribution in [0, 0.1) is 0 Å². The number of rotatable bonds is 10. The zero-order valence-electron chi connectivity index (χ0n) is 20.7. The molecule has 0 aliphatic carbocycles. The molecule has 194 valence electrons. The first-order chi connectivity index (χ1) is 17.9. The summed E-state index contributed by atoms with van der Waals surface area (Å²) in [4.78, 5) is 26.1. The molecule has 4 rings (SSSR count). The quantitative estimate of drug-likeness (QED) is 0.420. The van der Waals surface area contributed by atoms with Crippen LogP contribution in [0.25, 0.3) is 0 Å². The number of benzene rings is 3. The van der Waals surface area contributed by atoms with Crippen molar-refractivity contribution >= 4 is 33.2 Å². The number of carbonyl (C=O) groups excluding carboxylic acids is 2. The van der Waals surface area contributed by atoms with Crippen molar-refractivity contribution in [3.05, 3.63) is 90.0 Å². The van der Waals surface area contributed by atoms with Gasteiger partial charge in [-0.3, -0.25) is 13.9 Å². The summed E-state index contributed by atoms with van der Waals surface area (Å²) in [5.74, 6) is -0.909. The zero-order valence-corrected chi connectivity index (χ0v) is 21.5. The smallest absolute Gasteiger partial charge is 0.264 e. The number of hydrogen-bond acceptors (Lipinski definition) is 5. The van der Waals surface area contributed by atoms with Gasteiger partial charge in [0.25, 0.3) is 15.9 Å².